The zero-order chi connectivity index (χ0) is 14.3. The fraction of sp³-hybridized carbons (Fsp3) is 0.923. The molecule has 1 fully saturated rings. The van der Waals surface area contributed by atoms with Gasteiger partial charge in [-0.15, -0.1) is 0 Å². The smallest absolute Gasteiger partial charge is 0.303 e. The molecule has 0 aromatic carbocycles. The van der Waals surface area contributed by atoms with Gasteiger partial charge in [0.05, 0.1) is 5.75 Å². The molecule has 0 heterocycles. The predicted molar refractivity (Wildman–Crippen MR) is 74.4 cm³/mol. The fourth-order valence-corrected chi connectivity index (χ4v) is 4.06. The van der Waals surface area contributed by atoms with Crippen LogP contribution in [0.5, 0.6) is 0 Å². The van der Waals surface area contributed by atoms with Gasteiger partial charge in [0, 0.05) is 12.5 Å². The molecule has 0 aliphatic heterocycles. The van der Waals surface area contributed by atoms with Crippen molar-refractivity contribution in [1.82, 2.24) is 4.72 Å². The average molecular weight is 291 g/mol. The summed E-state index contributed by atoms with van der Waals surface area (Å²) in [6, 6.07) is -0.0482. The van der Waals surface area contributed by atoms with Crippen LogP contribution >= 0.6 is 0 Å². The molecule has 0 unspecified atom stereocenters. The Hall–Kier alpha value is -0.620. The normalized spacial score (nSPS) is 19.8. The van der Waals surface area contributed by atoms with E-state index in [4.69, 9.17) is 5.11 Å². The van der Waals surface area contributed by atoms with Gasteiger partial charge in [-0.1, -0.05) is 25.7 Å². The molecule has 5 nitrogen and oxygen atoms in total. The van der Waals surface area contributed by atoms with Crippen molar-refractivity contribution in [1.29, 1.82) is 0 Å². The van der Waals surface area contributed by atoms with Crippen molar-refractivity contribution in [2.24, 2.45) is 5.92 Å². The highest BCUT2D eigenvalue weighted by atomic mass is 32.2. The van der Waals surface area contributed by atoms with Crippen LogP contribution in [0, 0.1) is 5.92 Å². The van der Waals surface area contributed by atoms with Crippen LogP contribution in [-0.4, -0.2) is 31.3 Å². The minimum atomic E-state index is -3.35. The van der Waals surface area contributed by atoms with E-state index in [1.165, 1.54) is 25.7 Å². The second-order valence-corrected chi connectivity index (χ2v) is 7.35. The first kappa shape index (κ1) is 16.4. The first-order valence-corrected chi connectivity index (χ1v) is 8.78. The SMILES string of the molecule is C[C@@H](NS(=O)(=O)CCCC(=O)O)C1CCCCCC1. The molecule has 0 bridgehead atoms. The Morgan fingerprint density at radius 3 is 2.37 bits per heavy atom. The van der Waals surface area contributed by atoms with Crippen molar-refractivity contribution in [3.63, 3.8) is 0 Å². The summed E-state index contributed by atoms with van der Waals surface area (Å²) in [5, 5.41) is 8.51. The third-order valence-electron chi connectivity index (χ3n) is 3.78. The quantitative estimate of drug-likeness (QED) is 0.704. The van der Waals surface area contributed by atoms with Gasteiger partial charge >= 0.3 is 5.97 Å². The Bertz CT molecular complexity index is 372. The number of hydrogen-bond acceptors (Lipinski definition) is 3. The largest absolute Gasteiger partial charge is 0.481 e. The lowest BCUT2D eigenvalue weighted by molar-refractivity contribution is -0.137. The number of hydrogen-bond donors (Lipinski definition) is 2. The van der Waals surface area contributed by atoms with E-state index in [9.17, 15) is 13.2 Å². The summed E-state index contributed by atoms with van der Waals surface area (Å²) in [6.45, 7) is 1.92. The van der Waals surface area contributed by atoms with Crippen LogP contribution < -0.4 is 4.72 Å². The van der Waals surface area contributed by atoms with E-state index >= 15 is 0 Å². The van der Waals surface area contributed by atoms with Crippen molar-refractivity contribution in [3.05, 3.63) is 0 Å². The van der Waals surface area contributed by atoms with Gasteiger partial charge in [0.2, 0.25) is 10.0 Å². The molecule has 19 heavy (non-hydrogen) atoms. The van der Waals surface area contributed by atoms with E-state index < -0.39 is 16.0 Å². The lowest BCUT2D eigenvalue weighted by atomic mass is 9.94. The lowest BCUT2D eigenvalue weighted by Crippen LogP contribution is -2.39. The average Bonchev–Trinajstić information content (AvgIpc) is 2.55. The maximum absolute atomic E-state index is 11.8. The van der Waals surface area contributed by atoms with E-state index in [2.05, 4.69) is 4.72 Å². The molecular formula is C13H25NO4S. The predicted octanol–water partition coefficient (Wildman–Crippen LogP) is 2.13. The standard InChI is InChI=1S/C13H25NO4S/c1-11(12-7-4-2-3-5-8-12)14-19(17,18)10-6-9-13(15)16/h11-12,14H,2-10H2,1H3,(H,15,16)/t11-/m1/s1. The maximum Gasteiger partial charge on any atom is 0.303 e. The minimum absolute atomic E-state index is 0.0482. The molecule has 1 saturated carbocycles. The second-order valence-electron chi connectivity index (χ2n) is 5.47. The maximum atomic E-state index is 11.8. The van der Waals surface area contributed by atoms with Crippen LogP contribution in [0.15, 0.2) is 0 Å². The summed E-state index contributed by atoms with van der Waals surface area (Å²) in [6.07, 6.45) is 7.08. The molecule has 1 aliphatic carbocycles. The Labute approximate surface area is 115 Å². The van der Waals surface area contributed by atoms with Gasteiger partial charge < -0.3 is 5.11 Å². The Balaban J connectivity index is 2.40. The van der Waals surface area contributed by atoms with Gasteiger partial charge in [-0.05, 0) is 32.1 Å². The molecule has 0 aromatic rings. The molecule has 1 aliphatic rings. The van der Waals surface area contributed by atoms with Crippen molar-refractivity contribution < 1.29 is 18.3 Å². The van der Waals surface area contributed by atoms with Gasteiger partial charge in [-0.3, -0.25) is 4.79 Å². The number of rotatable bonds is 7. The number of carbonyl (C=O) groups is 1. The summed E-state index contributed by atoms with van der Waals surface area (Å²) in [5.74, 6) is -0.639. The number of sulfonamides is 1. The van der Waals surface area contributed by atoms with E-state index in [-0.39, 0.29) is 24.6 Å². The molecule has 1 atom stereocenters. The van der Waals surface area contributed by atoms with Crippen molar-refractivity contribution in [2.45, 2.75) is 64.3 Å². The highest BCUT2D eigenvalue weighted by Gasteiger charge is 2.23. The fourth-order valence-electron chi connectivity index (χ4n) is 2.66. The molecule has 0 aromatic heterocycles. The first-order valence-electron chi connectivity index (χ1n) is 7.12. The summed E-state index contributed by atoms with van der Waals surface area (Å²) >= 11 is 0. The zero-order valence-corrected chi connectivity index (χ0v) is 12.4. The number of carboxylic acid groups (broad SMARTS) is 1. The lowest BCUT2D eigenvalue weighted by Gasteiger charge is -2.23. The van der Waals surface area contributed by atoms with Gasteiger partial charge in [-0.2, -0.15) is 0 Å². The van der Waals surface area contributed by atoms with Gasteiger partial charge in [0.15, 0.2) is 0 Å². The van der Waals surface area contributed by atoms with E-state index in [1.54, 1.807) is 0 Å². The van der Waals surface area contributed by atoms with Crippen LogP contribution in [0.3, 0.4) is 0 Å². The number of carboxylic acids is 1. The molecule has 0 radical (unpaired) electrons. The highest BCUT2D eigenvalue weighted by Crippen LogP contribution is 2.25. The topological polar surface area (TPSA) is 83.5 Å². The molecule has 6 heteroatoms. The van der Waals surface area contributed by atoms with Crippen molar-refractivity contribution in [2.75, 3.05) is 5.75 Å². The van der Waals surface area contributed by atoms with Crippen molar-refractivity contribution >= 4 is 16.0 Å². The minimum Gasteiger partial charge on any atom is -0.481 e. The summed E-state index contributed by atoms with van der Waals surface area (Å²) < 4.78 is 26.4. The molecule has 0 saturated heterocycles. The van der Waals surface area contributed by atoms with Crippen LogP contribution in [0.25, 0.3) is 0 Å². The second kappa shape index (κ2) is 7.85. The van der Waals surface area contributed by atoms with E-state index in [1.807, 2.05) is 6.92 Å². The zero-order valence-electron chi connectivity index (χ0n) is 11.6. The Morgan fingerprint density at radius 2 is 1.84 bits per heavy atom. The molecule has 112 valence electrons. The van der Waals surface area contributed by atoms with Gasteiger partial charge in [0.25, 0.3) is 0 Å². The summed E-state index contributed by atoms with van der Waals surface area (Å²) in [5.41, 5.74) is 0. The first-order chi connectivity index (χ1) is 8.91. The molecule has 1 rings (SSSR count). The van der Waals surface area contributed by atoms with Crippen LogP contribution in [0.2, 0.25) is 0 Å². The van der Waals surface area contributed by atoms with Crippen LogP contribution in [0.4, 0.5) is 0 Å². The molecular weight excluding hydrogens is 266 g/mol. The monoisotopic (exact) mass is 291 g/mol. The van der Waals surface area contributed by atoms with Crippen molar-refractivity contribution in [3.8, 4) is 0 Å². The number of nitrogens with one attached hydrogen (secondary N) is 1. The van der Waals surface area contributed by atoms with Gasteiger partial charge in [-0.25, -0.2) is 13.1 Å². The third kappa shape index (κ3) is 6.92. The summed E-state index contributed by atoms with van der Waals surface area (Å²) in [7, 11) is -3.35. The highest BCUT2D eigenvalue weighted by molar-refractivity contribution is 7.89. The van der Waals surface area contributed by atoms with E-state index in [0.29, 0.717) is 5.92 Å². The number of aliphatic carboxylic acids is 1. The summed E-state index contributed by atoms with van der Waals surface area (Å²) in [4.78, 5) is 10.4. The Kier molecular flexibility index (Phi) is 6.79. The third-order valence-corrected chi connectivity index (χ3v) is 5.33. The van der Waals surface area contributed by atoms with Crippen LogP contribution in [0.1, 0.15) is 58.3 Å². The molecule has 2 N–H and O–H groups in total. The van der Waals surface area contributed by atoms with Crippen LogP contribution in [-0.2, 0) is 14.8 Å². The molecule has 0 spiro atoms. The Morgan fingerprint density at radius 1 is 1.26 bits per heavy atom. The van der Waals surface area contributed by atoms with Gasteiger partial charge in [0.1, 0.15) is 0 Å². The van der Waals surface area contributed by atoms with E-state index in [0.717, 1.165) is 12.8 Å². The molecule has 0 amide bonds.